The molecule has 0 unspecified atom stereocenters. The number of hydrogen-bond donors (Lipinski definition) is 2. The van der Waals surface area contributed by atoms with Crippen LogP contribution in [-0.2, 0) is 53.8 Å². The fourth-order valence-electron chi connectivity index (χ4n) is 9.83. The Morgan fingerprint density at radius 3 is 2.60 bits per heavy atom. The molecule has 0 aliphatic carbocycles. The number of aromatic nitrogens is 1. The number of nitrogens with zero attached hydrogens (tertiary/aromatic N) is 6. The average Bonchev–Trinajstić information content (AvgIpc) is 3.90. The third-order valence-electron chi connectivity index (χ3n) is 13.3. The molecule has 4 aliphatic heterocycles. The lowest BCUT2D eigenvalue weighted by atomic mass is 9.83. The molecule has 6 bridgehead atoms. The number of methoxy groups -OCH3 is 1. The highest BCUT2D eigenvalue weighted by Crippen LogP contribution is 2.41. The second-order valence-corrected chi connectivity index (χ2v) is 20.9. The molecule has 65 heavy (non-hydrogen) atoms. The molecule has 2 aromatic carbocycles. The Bertz CT molecular complexity index is 2530. The lowest BCUT2D eigenvalue weighted by molar-refractivity contribution is -0.732. The van der Waals surface area contributed by atoms with E-state index in [2.05, 4.69) is 61.0 Å². The molecule has 3 aromatic rings. The van der Waals surface area contributed by atoms with Gasteiger partial charge in [-0.15, -0.1) is 5.01 Å². The Morgan fingerprint density at radius 2 is 1.88 bits per heavy atom. The van der Waals surface area contributed by atoms with Crippen LogP contribution in [0.3, 0.4) is 0 Å². The predicted molar refractivity (Wildman–Crippen MR) is 251 cm³/mol. The topological polar surface area (TPSA) is 175 Å². The van der Waals surface area contributed by atoms with Crippen LogP contribution in [0.2, 0.25) is 0 Å². The van der Waals surface area contributed by atoms with E-state index in [9.17, 15) is 27.7 Å². The normalized spacial score (nSPS) is 23.0. The van der Waals surface area contributed by atoms with E-state index in [-0.39, 0.29) is 44.6 Å². The first-order valence-corrected chi connectivity index (χ1v) is 24.2. The summed E-state index contributed by atoms with van der Waals surface area (Å²) in [5, 5.41) is 7.66. The number of hydrazine groups is 2. The molecule has 0 radical (unpaired) electrons. The van der Waals surface area contributed by atoms with Gasteiger partial charge in [-0.1, -0.05) is 64.6 Å². The van der Waals surface area contributed by atoms with Crippen molar-refractivity contribution in [2.75, 3.05) is 40.4 Å². The number of allylic oxidation sites excluding steroid dienone is 1. The van der Waals surface area contributed by atoms with E-state index in [1.54, 1.807) is 7.11 Å². The molecule has 2 saturated heterocycles. The van der Waals surface area contributed by atoms with E-state index < -0.39 is 57.4 Å². The van der Waals surface area contributed by atoms with Gasteiger partial charge in [-0.2, -0.15) is 4.31 Å². The molecule has 0 spiro atoms. The lowest BCUT2D eigenvalue weighted by Crippen LogP contribution is -2.62. The van der Waals surface area contributed by atoms with Crippen molar-refractivity contribution in [3.8, 4) is 11.1 Å². The molecular formula is C48H65N8O8S+. The monoisotopic (exact) mass is 913 g/mol. The van der Waals surface area contributed by atoms with Crippen LogP contribution >= 0.6 is 0 Å². The molecule has 2 fully saturated rings. The summed E-state index contributed by atoms with van der Waals surface area (Å²) in [7, 11) is 1.58. The van der Waals surface area contributed by atoms with Gasteiger partial charge in [-0.3, -0.25) is 24.4 Å². The number of likely N-dealkylation sites (N-methyl/N-ethyl adjacent to an activating group) is 1. The van der Waals surface area contributed by atoms with Crippen molar-refractivity contribution in [2.45, 2.75) is 110 Å². The summed E-state index contributed by atoms with van der Waals surface area (Å²) < 4.78 is 40.3. The molecule has 7 rings (SSSR count). The number of fused-ring (bicyclic) bond motifs is 6. The van der Waals surface area contributed by atoms with Crippen molar-refractivity contribution in [1.29, 1.82) is 0 Å². The molecule has 350 valence electrons. The number of benzene rings is 2. The van der Waals surface area contributed by atoms with Gasteiger partial charge in [0, 0.05) is 79.3 Å². The van der Waals surface area contributed by atoms with Crippen molar-refractivity contribution >= 4 is 50.5 Å². The summed E-state index contributed by atoms with van der Waals surface area (Å²) in [6.07, 6.45) is 5.33. The molecule has 0 saturated carbocycles. The number of carbonyl (C=O) groups excluding carboxylic acids is 3. The van der Waals surface area contributed by atoms with E-state index in [0.29, 0.717) is 30.7 Å². The molecule has 16 nitrogen and oxygen atoms in total. The number of sulfonamides is 1. The van der Waals surface area contributed by atoms with Crippen molar-refractivity contribution in [3.05, 3.63) is 81.9 Å². The van der Waals surface area contributed by atoms with Crippen LogP contribution in [0.1, 0.15) is 83.5 Å². The van der Waals surface area contributed by atoms with Crippen molar-refractivity contribution in [2.24, 2.45) is 23.4 Å². The Labute approximate surface area is 382 Å². The number of rotatable bonds is 11. The van der Waals surface area contributed by atoms with Gasteiger partial charge in [0.05, 0.1) is 36.9 Å². The smallest absolute Gasteiger partial charge is 0.324 e. The zero-order valence-electron chi connectivity index (χ0n) is 39.0. The van der Waals surface area contributed by atoms with E-state index in [4.69, 9.17) is 14.5 Å². The Morgan fingerprint density at radius 1 is 1.12 bits per heavy atom. The third kappa shape index (κ3) is 9.98. The maximum absolute atomic E-state index is 14.7. The predicted octanol–water partition coefficient (Wildman–Crippen LogP) is 5.30. The van der Waals surface area contributed by atoms with Crippen LogP contribution in [0, 0.1) is 16.2 Å². The van der Waals surface area contributed by atoms with Crippen molar-refractivity contribution in [3.63, 3.8) is 0 Å². The second kappa shape index (κ2) is 19.3. The number of ether oxygens (including phenoxy) is 2. The quantitative estimate of drug-likeness (QED) is 0.146. The lowest BCUT2D eigenvalue weighted by Gasteiger charge is -2.36. The number of cyclic esters (lactones) is 1. The zero-order valence-corrected chi connectivity index (χ0v) is 39.8. The number of nitrogens with one attached hydrogen (secondary N) is 2. The number of carbonyl (C=O) groups is 3. The minimum absolute atomic E-state index is 0.0464. The van der Waals surface area contributed by atoms with Crippen LogP contribution in [0.5, 0.6) is 0 Å². The third-order valence-corrected chi connectivity index (χ3v) is 14.8. The first-order chi connectivity index (χ1) is 30.8. The SMILES string of the molecule is C=CS(=O)(=O)N1CC[C@H]([N+](=O)N(C)[C@H](C(=O)N[C@H]2Cc3cccc(c3)-c3ccc4c(c3)c(c(C3=C([C@H](C)OC)N=CCC3)n4C)CC(C)(C)COC(=O)[C@@H]3CCCN(N3)C2=O)C(C)C)C1. The van der Waals surface area contributed by atoms with Gasteiger partial charge in [-0.25, -0.2) is 13.8 Å². The Balaban J connectivity index is 1.27. The molecule has 5 heterocycles. The van der Waals surface area contributed by atoms with Gasteiger partial charge in [-0.05, 0) is 79.3 Å². The number of aryl methyl sites for hydroxylation is 1. The summed E-state index contributed by atoms with van der Waals surface area (Å²) in [4.78, 5) is 62.4. The maximum atomic E-state index is 14.7. The molecule has 2 N–H and O–H groups in total. The van der Waals surface area contributed by atoms with Gasteiger partial charge in [0.2, 0.25) is 22.0 Å². The molecule has 4 aliphatic rings. The molecule has 17 heteroatoms. The first-order valence-electron chi connectivity index (χ1n) is 22.7. The molecule has 2 amide bonds. The highest BCUT2D eigenvalue weighted by Gasteiger charge is 2.46. The second-order valence-electron chi connectivity index (χ2n) is 19.0. The number of nitroso groups, excluding NO2 is 1. The van der Waals surface area contributed by atoms with E-state index >= 15 is 0 Å². The largest absolute Gasteiger partial charge is 0.464 e. The minimum Gasteiger partial charge on any atom is -0.464 e. The van der Waals surface area contributed by atoms with Crippen LogP contribution in [-0.4, -0.2) is 127 Å². The number of aliphatic imine (C=N–C) groups is 1. The number of esters is 1. The number of amides is 2. The summed E-state index contributed by atoms with van der Waals surface area (Å²) in [6, 6.07) is 10.8. The average molecular weight is 914 g/mol. The first kappa shape index (κ1) is 47.7. The fourth-order valence-corrected chi connectivity index (χ4v) is 10.8. The van der Waals surface area contributed by atoms with E-state index in [1.165, 1.54) is 21.4 Å². The van der Waals surface area contributed by atoms with Crippen LogP contribution in [0.4, 0.5) is 0 Å². The zero-order chi connectivity index (χ0) is 47.0. The summed E-state index contributed by atoms with van der Waals surface area (Å²) >= 11 is 0. The number of hydrogen-bond acceptors (Lipinski definition) is 10. The van der Waals surface area contributed by atoms with Gasteiger partial charge < -0.3 is 19.4 Å². The Kier molecular flexibility index (Phi) is 14.2. The molecule has 1 aromatic heterocycles. The highest BCUT2D eigenvalue weighted by atomic mass is 32.2. The van der Waals surface area contributed by atoms with Crippen LogP contribution in [0.25, 0.3) is 27.6 Å². The standard InChI is InChI=1S/C48H64N8O8S/c1-10-65(61,62)54-23-20-35(28-54)56(60)53(8)43(30(2)3)45(57)50-40-25-32-14-11-15-33(24-32)34-18-19-41-37(26-34)38(44(52(41)7)36-16-12-21-49-42(36)31(4)63-9)27-48(5,6)29-64-47(59)39-17-13-22-55(51-39)46(40)58/h10-11,14-15,18-19,21,24,26,30-31,35,39-40,43,51H,1,12-13,16-17,20,22-23,25,27-29H2,2-9H3/p+1/t31-,35-,39-,40-,43-/m0/s1. The fraction of sp³-hybridized carbons (Fsp3) is 0.542. The molecule has 5 atom stereocenters. The van der Waals surface area contributed by atoms with Gasteiger partial charge in [0.15, 0.2) is 6.04 Å². The molecular weight excluding hydrogens is 849 g/mol. The van der Waals surface area contributed by atoms with Gasteiger partial charge in [0.1, 0.15) is 17.0 Å². The van der Waals surface area contributed by atoms with Crippen LogP contribution < -0.4 is 10.7 Å². The Hall–Kier alpha value is -5.23. The van der Waals surface area contributed by atoms with Gasteiger partial charge in [0.25, 0.3) is 5.91 Å². The van der Waals surface area contributed by atoms with Crippen molar-refractivity contribution < 1.29 is 37.1 Å². The minimum atomic E-state index is -3.72. The summed E-state index contributed by atoms with van der Waals surface area (Å²) in [5.74, 6) is -1.81. The maximum Gasteiger partial charge on any atom is 0.324 e. The van der Waals surface area contributed by atoms with Crippen LogP contribution in [0.15, 0.2) is 65.1 Å². The van der Waals surface area contributed by atoms with Gasteiger partial charge >= 0.3 is 5.97 Å². The summed E-state index contributed by atoms with van der Waals surface area (Å²) in [6.45, 7) is 13.8. The summed E-state index contributed by atoms with van der Waals surface area (Å²) in [5.41, 5.74) is 10.7. The van der Waals surface area contributed by atoms with E-state index in [0.717, 1.165) is 68.4 Å². The highest BCUT2D eigenvalue weighted by molar-refractivity contribution is 7.92. The van der Waals surface area contributed by atoms with Crippen molar-refractivity contribution in [1.82, 2.24) is 29.6 Å². The van der Waals surface area contributed by atoms with E-state index in [1.807, 2.05) is 51.3 Å².